The van der Waals surface area contributed by atoms with E-state index in [1.165, 1.54) is 0 Å². The lowest BCUT2D eigenvalue weighted by atomic mass is 10.1. The van der Waals surface area contributed by atoms with Crippen molar-refractivity contribution >= 4 is 5.96 Å². The predicted molar refractivity (Wildman–Crippen MR) is 66.0 cm³/mol. The minimum Gasteiger partial charge on any atom is -0.374 e. The molecule has 0 aliphatic heterocycles. The molecule has 4 heteroatoms. The first-order valence-electron chi connectivity index (χ1n) is 5.22. The van der Waals surface area contributed by atoms with Crippen LogP contribution in [0.2, 0.25) is 0 Å². The molecule has 0 heterocycles. The van der Waals surface area contributed by atoms with E-state index in [1.54, 1.807) is 0 Å². The number of ether oxygens (including phenoxy) is 1. The maximum absolute atomic E-state index is 5.57. The van der Waals surface area contributed by atoms with Crippen molar-refractivity contribution in [2.24, 2.45) is 16.5 Å². The maximum Gasteiger partial charge on any atom is 0.186 e. The SMILES string of the molecule is CC(C)(COCc1ccccc1)N=C(N)N. The second kappa shape index (κ2) is 5.51. The number of nitrogens with two attached hydrogens (primary N) is 2. The number of nitrogens with zero attached hydrogens (tertiary/aromatic N) is 1. The summed E-state index contributed by atoms with van der Waals surface area (Å²) in [6.45, 7) is 4.92. The largest absolute Gasteiger partial charge is 0.374 e. The molecular weight excluding hydrogens is 202 g/mol. The van der Waals surface area contributed by atoms with Gasteiger partial charge in [-0.05, 0) is 19.4 Å². The minimum atomic E-state index is -0.381. The first-order chi connectivity index (χ1) is 7.49. The monoisotopic (exact) mass is 221 g/mol. The van der Waals surface area contributed by atoms with Crippen LogP contribution in [0.1, 0.15) is 19.4 Å². The summed E-state index contributed by atoms with van der Waals surface area (Å²) in [7, 11) is 0. The van der Waals surface area contributed by atoms with Gasteiger partial charge in [0.25, 0.3) is 0 Å². The van der Waals surface area contributed by atoms with Gasteiger partial charge in [0.15, 0.2) is 5.96 Å². The van der Waals surface area contributed by atoms with E-state index in [-0.39, 0.29) is 11.5 Å². The molecule has 0 saturated carbocycles. The van der Waals surface area contributed by atoms with Crippen LogP contribution in [0.4, 0.5) is 0 Å². The summed E-state index contributed by atoms with van der Waals surface area (Å²) >= 11 is 0. The van der Waals surface area contributed by atoms with Crippen molar-refractivity contribution in [3.63, 3.8) is 0 Å². The zero-order valence-corrected chi connectivity index (χ0v) is 9.81. The Balaban J connectivity index is 2.39. The molecule has 4 nitrogen and oxygen atoms in total. The Morgan fingerprint density at radius 3 is 2.44 bits per heavy atom. The minimum absolute atomic E-state index is 0.0910. The van der Waals surface area contributed by atoms with Crippen molar-refractivity contribution in [1.82, 2.24) is 0 Å². The van der Waals surface area contributed by atoms with Crippen molar-refractivity contribution in [1.29, 1.82) is 0 Å². The number of hydrogen-bond acceptors (Lipinski definition) is 2. The Labute approximate surface area is 96.3 Å². The Kier molecular flexibility index (Phi) is 4.31. The van der Waals surface area contributed by atoms with Gasteiger partial charge in [-0.15, -0.1) is 0 Å². The molecule has 16 heavy (non-hydrogen) atoms. The van der Waals surface area contributed by atoms with Gasteiger partial charge in [0, 0.05) is 0 Å². The average molecular weight is 221 g/mol. The van der Waals surface area contributed by atoms with Gasteiger partial charge in [-0.3, -0.25) is 0 Å². The third kappa shape index (κ3) is 4.79. The molecular formula is C12H19N3O. The molecule has 0 radical (unpaired) electrons. The number of guanidine groups is 1. The Morgan fingerprint density at radius 1 is 1.25 bits per heavy atom. The molecule has 0 aliphatic carbocycles. The van der Waals surface area contributed by atoms with Crippen molar-refractivity contribution in [2.45, 2.75) is 26.0 Å². The summed E-state index contributed by atoms with van der Waals surface area (Å²) in [6.07, 6.45) is 0. The van der Waals surface area contributed by atoms with Crippen LogP contribution >= 0.6 is 0 Å². The second-order valence-corrected chi connectivity index (χ2v) is 4.33. The lowest BCUT2D eigenvalue weighted by Crippen LogP contribution is -2.32. The van der Waals surface area contributed by atoms with Gasteiger partial charge >= 0.3 is 0 Å². The van der Waals surface area contributed by atoms with Gasteiger partial charge in [-0.2, -0.15) is 0 Å². The molecule has 0 spiro atoms. The van der Waals surface area contributed by atoms with E-state index < -0.39 is 0 Å². The fourth-order valence-corrected chi connectivity index (χ4v) is 1.37. The predicted octanol–water partition coefficient (Wildman–Crippen LogP) is 1.26. The molecule has 0 fully saturated rings. The Morgan fingerprint density at radius 2 is 1.88 bits per heavy atom. The highest BCUT2D eigenvalue weighted by atomic mass is 16.5. The first-order valence-corrected chi connectivity index (χ1v) is 5.22. The highest BCUT2D eigenvalue weighted by molar-refractivity contribution is 5.76. The summed E-state index contributed by atoms with van der Waals surface area (Å²) in [5.41, 5.74) is 11.4. The summed E-state index contributed by atoms with van der Waals surface area (Å²) in [4.78, 5) is 4.09. The van der Waals surface area contributed by atoms with Crippen LogP contribution < -0.4 is 11.5 Å². The van der Waals surface area contributed by atoms with E-state index in [0.717, 1.165) is 5.56 Å². The Bertz CT molecular complexity index is 343. The molecule has 0 bridgehead atoms. The summed E-state index contributed by atoms with van der Waals surface area (Å²) in [6, 6.07) is 9.99. The fraction of sp³-hybridized carbons (Fsp3) is 0.417. The molecule has 0 atom stereocenters. The van der Waals surface area contributed by atoms with Crippen LogP contribution in [0, 0.1) is 0 Å². The van der Waals surface area contributed by atoms with Crippen LogP contribution in [0.5, 0.6) is 0 Å². The standard InChI is InChI=1S/C12H19N3O/c1-12(2,15-11(13)14)9-16-8-10-6-4-3-5-7-10/h3-7H,8-9H2,1-2H3,(H4,13,14,15). The van der Waals surface area contributed by atoms with E-state index in [9.17, 15) is 0 Å². The topological polar surface area (TPSA) is 73.6 Å². The molecule has 0 saturated heterocycles. The van der Waals surface area contributed by atoms with Crippen LogP contribution in [-0.2, 0) is 11.3 Å². The highest BCUT2D eigenvalue weighted by Gasteiger charge is 2.16. The van der Waals surface area contributed by atoms with E-state index in [0.29, 0.717) is 13.2 Å². The van der Waals surface area contributed by atoms with Crippen LogP contribution in [-0.4, -0.2) is 18.1 Å². The molecule has 0 aromatic heterocycles. The van der Waals surface area contributed by atoms with Gasteiger partial charge in [-0.25, -0.2) is 4.99 Å². The summed E-state index contributed by atoms with van der Waals surface area (Å²) < 4.78 is 5.57. The van der Waals surface area contributed by atoms with Gasteiger partial charge in [-0.1, -0.05) is 30.3 Å². The zero-order valence-electron chi connectivity index (χ0n) is 9.81. The molecule has 1 rings (SSSR count). The van der Waals surface area contributed by atoms with E-state index in [4.69, 9.17) is 16.2 Å². The normalized spacial score (nSPS) is 11.1. The Hall–Kier alpha value is -1.55. The van der Waals surface area contributed by atoms with Crippen molar-refractivity contribution < 1.29 is 4.74 Å². The van der Waals surface area contributed by atoms with Crippen LogP contribution in [0.25, 0.3) is 0 Å². The second-order valence-electron chi connectivity index (χ2n) is 4.33. The lowest BCUT2D eigenvalue weighted by molar-refractivity contribution is 0.0858. The van der Waals surface area contributed by atoms with Crippen molar-refractivity contribution in [3.05, 3.63) is 35.9 Å². The molecule has 1 aromatic rings. The van der Waals surface area contributed by atoms with Gasteiger partial charge in [0.05, 0.1) is 18.8 Å². The van der Waals surface area contributed by atoms with Crippen LogP contribution in [0.15, 0.2) is 35.3 Å². The van der Waals surface area contributed by atoms with Crippen LogP contribution in [0.3, 0.4) is 0 Å². The summed E-state index contributed by atoms with van der Waals surface area (Å²) in [5.74, 6) is 0.0910. The van der Waals surface area contributed by atoms with E-state index in [2.05, 4.69) is 4.99 Å². The molecule has 0 aliphatic rings. The quantitative estimate of drug-likeness (QED) is 0.580. The van der Waals surface area contributed by atoms with Gasteiger partial charge in [0.2, 0.25) is 0 Å². The molecule has 0 amide bonds. The first kappa shape index (κ1) is 12.5. The van der Waals surface area contributed by atoms with Gasteiger partial charge < -0.3 is 16.2 Å². The maximum atomic E-state index is 5.57. The van der Waals surface area contributed by atoms with Crippen molar-refractivity contribution in [2.75, 3.05) is 6.61 Å². The van der Waals surface area contributed by atoms with E-state index >= 15 is 0 Å². The average Bonchev–Trinajstić information content (AvgIpc) is 2.16. The van der Waals surface area contributed by atoms with Gasteiger partial charge in [0.1, 0.15) is 0 Å². The number of hydrogen-bond donors (Lipinski definition) is 2. The lowest BCUT2D eigenvalue weighted by Gasteiger charge is -2.19. The number of benzene rings is 1. The zero-order chi connectivity index (χ0) is 12.0. The molecule has 88 valence electrons. The molecule has 4 N–H and O–H groups in total. The highest BCUT2D eigenvalue weighted by Crippen LogP contribution is 2.10. The molecule has 0 unspecified atom stereocenters. The smallest absolute Gasteiger partial charge is 0.186 e. The molecule has 1 aromatic carbocycles. The number of aliphatic imine (C=N–C) groups is 1. The third-order valence-corrected chi connectivity index (χ3v) is 2.00. The van der Waals surface area contributed by atoms with Crippen molar-refractivity contribution in [3.8, 4) is 0 Å². The summed E-state index contributed by atoms with van der Waals surface area (Å²) in [5, 5.41) is 0. The third-order valence-electron chi connectivity index (χ3n) is 2.00. The number of rotatable bonds is 5. The fourth-order valence-electron chi connectivity index (χ4n) is 1.37. The van der Waals surface area contributed by atoms with E-state index in [1.807, 2.05) is 44.2 Å².